The van der Waals surface area contributed by atoms with E-state index in [2.05, 4.69) is 4.98 Å². The first-order valence-corrected chi connectivity index (χ1v) is 5.10. The van der Waals surface area contributed by atoms with Crippen molar-refractivity contribution in [3.05, 3.63) is 29.0 Å². The molecule has 0 aliphatic heterocycles. The van der Waals surface area contributed by atoms with Gasteiger partial charge in [0.15, 0.2) is 0 Å². The number of aliphatic hydroxyl groups is 2. The summed E-state index contributed by atoms with van der Waals surface area (Å²) in [5, 5.41) is 19.4. The van der Waals surface area contributed by atoms with E-state index in [-0.39, 0.29) is 11.6 Å². The lowest BCUT2D eigenvalue weighted by Crippen LogP contribution is -2.19. The number of pyridine rings is 1. The summed E-state index contributed by atoms with van der Waals surface area (Å²) in [5.74, 6) is 0.280. The smallest absolute Gasteiger partial charge is 0.123 e. The summed E-state index contributed by atoms with van der Waals surface area (Å²) < 4.78 is 0. The highest BCUT2D eigenvalue weighted by Gasteiger charge is 2.21. The van der Waals surface area contributed by atoms with E-state index in [1.165, 1.54) is 6.20 Å². The summed E-state index contributed by atoms with van der Waals surface area (Å²) >= 11 is 11.2. The Kier molecular flexibility index (Phi) is 4.62. The number of aromatic nitrogens is 1. The van der Waals surface area contributed by atoms with E-state index in [1.54, 1.807) is 12.1 Å². The fourth-order valence-corrected chi connectivity index (χ4v) is 1.52. The first kappa shape index (κ1) is 11.7. The number of hydrogen-bond acceptors (Lipinski definition) is 3. The second-order valence-electron chi connectivity index (χ2n) is 2.86. The van der Waals surface area contributed by atoms with Crippen molar-refractivity contribution in [2.45, 2.75) is 18.6 Å². The van der Waals surface area contributed by atoms with Gasteiger partial charge in [-0.25, -0.2) is 0 Å². The van der Waals surface area contributed by atoms with E-state index in [0.29, 0.717) is 11.4 Å². The Balaban J connectivity index is 2.78. The Labute approximate surface area is 92.3 Å². The van der Waals surface area contributed by atoms with Gasteiger partial charge in [-0.1, -0.05) is 11.6 Å². The zero-order valence-corrected chi connectivity index (χ0v) is 8.91. The third-order valence-corrected chi connectivity index (χ3v) is 2.37. The maximum absolute atomic E-state index is 9.65. The fourth-order valence-electron chi connectivity index (χ4n) is 1.07. The van der Waals surface area contributed by atoms with Crippen LogP contribution >= 0.6 is 23.2 Å². The van der Waals surface area contributed by atoms with Gasteiger partial charge in [0.05, 0.1) is 16.8 Å². The topological polar surface area (TPSA) is 53.4 Å². The zero-order chi connectivity index (χ0) is 10.6. The van der Waals surface area contributed by atoms with Crippen LogP contribution in [0.5, 0.6) is 0 Å². The van der Waals surface area contributed by atoms with Crippen molar-refractivity contribution in [1.82, 2.24) is 4.98 Å². The average Bonchev–Trinajstić information content (AvgIpc) is 2.18. The molecule has 1 rings (SSSR count). The molecule has 0 fully saturated rings. The Morgan fingerprint density at radius 2 is 2.14 bits per heavy atom. The largest absolute Gasteiger partial charge is 0.390 e. The van der Waals surface area contributed by atoms with Crippen molar-refractivity contribution in [3.63, 3.8) is 0 Å². The minimum absolute atomic E-state index is 0.280. The molecule has 0 amide bonds. The van der Waals surface area contributed by atoms with Gasteiger partial charge >= 0.3 is 0 Å². The molecule has 78 valence electrons. The standard InChI is InChI=1S/C9H11Cl2NO2/c10-4-3-7(13)9(14)8-6(11)2-1-5-12-8/h1-2,5,7,9,13-14H,3-4H2. The van der Waals surface area contributed by atoms with Gasteiger partial charge in [-0.15, -0.1) is 11.6 Å². The number of alkyl halides is 1. The Morgan fingerprint density at radius 3 is 2.71 bits per heavy atom. The molecule has 2 unspecified atom stereocenters. The van der Waals surface area contributed by atoms with Crippen LogP contribution in [0.3, 0.4) is 0 Å². The molecule has 1 heterocycles. The van der Waals surface area contributed by atoms with E-state index in [0.717, 1.165) is 0 Å². The summed E-state index contributed by atoms with van der Waals surface area (Å²) in [6, 6.07) is 3.27. The van der Waals surface area contributed by atoms with Crippen molar-refractivity contribution >= 4 is 23.2 Å². The average molecular weight is 236 g/mol. The summed E-state index contributed by atoms with van der Waals surface area (Å²) in [4.78, 5) is 3.90. The van der Waals surface area contributed by atoms with Gasteiger partial charge < -0.3 is 10.2 Å². The molecule has 2 atom stereocenters. The second kappa shape index (κ2) is 5.51. The lowest BCUT2D eigenvalue weighted by Gasteiger charge is -2.16. The summed E-state index contributed by atoms with van der Waals surface area (Å²) in [7, 11) is 0. The van der Waals surface area contributed by atoms with E-state index in [4.69, 9.17) is 23.2 Å². The predicted octanol–water partition coefficient (Wildman–Crippen LogP) is 1.76. The van der Waals surface area contributed by atoms with Gasteiger partial charge in [0.2, 0.25) is 0 Å². The molecular weight excluding hydrogens is 225 g/mol. The second-order valence-corrected chi connectivity index (χ2v) is 3.65. The number of nitrogens with zero attached hydrogens (tertiary/aromatic N) is 1. The molecule has 2 N–H and O–H groups in total. The molecule has 0 radical (unpaired) electrons. The fraction of sp³-hybridized carbons (Fsp3) is 0.444. The maximum atomic E-state index is 9.65. The van der Waals surface area contributed by atoms with Crippen LogP contribution in [0.4, 0.5) is 0 Å². The van der Waals surface area contributed by atoms with Crippen LogP contribution in [0.25, 0.3) is 0 Å². The molecule has 0 aromatic carbocycles. The van der Waals surface area contributed by atoms with Gasteiger partial charge in [0, 0.05) is 12.1 Å². The van der Waals surface area contributed by atoms with Crippen LogP contribution in [0.2, 0.25) is 5.02 Å². The molecule has 1 aromatic heterocycles. The normalized spacial score (nSPS) is 15.1. The van der Waals surface area contributed by atoms with Crippen molar-refractivity contribution in [1.29, 1.82) is 0 Å². The molecule has 0 aliphatic carbocycles. The Bertz CT molecular complexity index is 296. The van der Waals surface area contributed by atoms with Crippen molar-refractivity contribution < 1.29 is 10.2 Å². The molecule has 0 saturated heterocycles. The highest BCUT2D eigenvalue weighted by molar-refractivity contribution is 6.31. The summed E-state index contributed by atoms with van der Waals surface area (Å²) in [5.41, 5.74) is 0.284. The SMILES string of the molecule is OC(CCCl)C(O)c1ncccc1Cl. The molecule has 5 heteroatoms. The van der Waals surface area contributed by atoms with Crippen LogP contribution in [-0.4, -0.2) is 27.2 Å². The Hall–Kier alpha value is -0.350. The lowest BCUT2D eigenvalue weighted by molar-refractivity contribution is 0.0145. The van der Waals surface area contributed by atoms with Gasteiger partial charge in [0.25, 0.3) is 0 Å². The highest BCUT2D eigenvalue weighted by atomic mass is 35.5. The minimum atomic E-state index is -1.08. The Morgan fingerprint density at radius 1 is 1.43 bits per heavy atom. The first-order valence-electron chi connectivity index (χ1n) is 4.19. The van der Waals surface area contributed by atoms with E-state index < -0.39 is 12.2 Å². The number of aliphatic hydroxyl groups excluding tert-OH is 2. The van der Waals surface area contributed by atoms with Gasteiger partial charge in [-0.3, -0.25) is 4.98 Å². The van der Waals surface area contributed by atoms with E-state index in [1.807, 2.05) is 0 Å². The molecular formula is C9H11Cl2NO2. The van der Waals surface area contributed by atoms with Crippen LogP contribution in [0, 0.1) is 0 Å². The van der Waals surface area contributed by atoms with E-state index in [9.17, 15) is 10.2 Å². The molecule has 0 saturated carbocycles. The summed E-state index contributed by atoms with van der Waals surface area (Å²) in [6.45, 7) is 0. The molecule has 1 aromatic rings. The van der Waals surface area contributed by atoms with Gasteiger partial charge in [-0.2, -0.15) is 0 Å². The third kappa shape index (κ3) is 2.82. The van der Waals surface area contributed by atoms with Crippen LogP contribution in [-0.2, 0) is 0 Å². The van der Waals surface area contributed by atoms with Crippen LogP contribution < -0.4 is 0 Å². The predicted molar refractivity (Wildman–Crippen MR) is 55.6 cm³/mol. The quantitative estimate of drug-likeness (QED) is 0.783. The third-order valence-electron chi connectivity index (χ3n) is 1.84. The van der Waals surface area contributed by atoms with Crippen molar-refractivity contribution in [2.24, 2.45) is 0 Å². The molecule has 0 spiro atoms. The monoisotopic (exact) mass is 235 g/mol. The number of hydrogen-bond donors (Lipinski definition) is 2. The minimum Gasteiger partial charge on any atom is -0.390 e. The van der Waals surface area contributed by atoms with Crippen molar-refractivity contribution in [2.75, 3.05) is 5.88 Å². The van der Waals surface area contributed by atoms with Crippen LogP contribution in [0.15, 0.2) is 18.3 Å². The van der Waals surface area contributed by atoms with Crippen molar-refractivity contribution in [3.8, 4) is 0 Å². The molecule has 0 bridgehead atoms. The van der Waals surface area contributed by atoms with Gasteiger partial charge in [0.1, 0.15) is 6.10 Å². The maximum Gasteiger partial charge on any atom is 0.123 e. The lowest BCUT2D eigenvalue weighted by atomic mass is 10.1. The summed E-state index contributed by atoms with van der Waals surface area (Å²) in [6.07, 6.45) is -0.199. The zero-order valence-electron chi connectivity index (χ0n) is 7.40. The van der Waals surface area contributed by atoms with Crippen LogP contribution in [0.1, 0.15) is 18.2 Å². The molecule has 14 heavy (non-hydrogen) atoms. The number of rotatable bonds is 4. The van der Waals surface area contributed by atoms with Gasteiger partial charge in [-0.05, 0) is 18.6 Å². The molecule has 0 aliphatic rings. The van der Waals surface area contributed by atoms with E-state index >= 15 is 0 Å². The first-order chi connectivity index (χ1) is 6.66. The molecule has 3 nitrogen and oxygen atoms in total. The highest BCUT2D eigenvalue weighted by Crippen LogP contribution is 2.23. The number of halogens is 2.